The number of aromatic nitrogens is 1. The first-order valence-electron chi connectivity index (χ1n) is 6.32. The molecule has 2 rings (SSSR count). The molecule has 1 atom stereocenters. The van der Waals surface area contributed by atoms with Crippen molar-refractivity contribution in [3.63, 3.8) is 0 Å². The summed E-state index contributed by atoms with van der Waals surface area (Å²) in [6.07, 6.45) is 3.87. The fraction of sp³-hybridized carbons (Fsp3) is 0.571. The van der Waals surface area contributed by atoms with E-state index >= 15 is 0 Å². The first-order valence-corrected chi connectivity index (χ1v) is 6.32. The summed E-state index contributed by atoms with van der Waals surface area (Å²) in [5, 5.41) is 9.66. The van der Waals surface area contributed by atoms with Gasteiger partial charge in [0, 0.05) is 19.3 Å². The van der Waals surface area contributed by atoms with E-state index in [2.05, 4.69) is 25.8 Å². The van der Waals surface area contributed by atoms with Gasteiger partial charge in [0.2, 0.25) is 0 Å². The maximum Gasteiger partial charge on any atom is 0.257 e. The molecule has 0 aromatic carbocycles. The summed E-state index contributed by atoms with van der Waals surface area (Å²) in [5.74, 6) is 0.383. The van der Waals surface area contributed by atoms with E-state index in [0.717, 1.165) is 19.5 Å². The highest BCUT2D eigenvalue weighted by Crippen LogP contribution is 2.34. The number of hydrogen-bond donors (Lipinski definition) is 1. The second kappa shape index (κ2) is 4.59. The Hall–Kier alpha value is -1.58. The monoisotopic (exact) mass is 248 g/mol. The minimum Gasteiger partial charge on any atom is -0.505 e. The highest BCUT2D eigenvalue weighted by atomic mass is 16.3. The van der Waals surface area contributed by atoms with Crippen molar-refractivity contribution in [3.8, 4) is 5.75 Å². The molecule has 1 N–H and O–H groups in total. The van der Waals surface area contributed by atoms with E-state index in [-0.39, 0.29) is 17.1 Å². The van der Waals surface area contributed by atoms with E-state index < -0.39 is 0 Å². The number of amides is 1. The first-order chi connectivity index (χ1) is 8.39. The molecule has 1 aliphatic rings. The minimum absolute atomic E-state index is 0.0401. The van der Waals surface area contributed by atoms with Crippen LogP contribution < -0.4 is 0 Å². The smallest absolute Gasteiger partial charge is 0.257 e. The lowest BCUT2D eigenvalue weighted by atomic mass is 9.80. The summed E-state index contributed by atoms with van der Waals surface area (Å²) in [5.41, 5.74) is 0.564. The Morgan fingerprint density at radius 1 is 1.50 bits per heavy atom. The van der Waals surface area contributed by atoms with E-state index in [1.54, 1.807) is 6.07 Å². The normalized spacial score (nSPS) is 20.2. The molecule has 1 amide bonds. The van der Waals surface area contributed by atoms with E-state index in [1.807, 2.05) is 4.90 Å². The molecule has 0 bridgehead atoms. The molecule has 1 aliphatic heterocycles. The van der Waals surface area contributed by atoms with Crippen molar-refractivity contribution in [3.05, 3.63) is 24.0 Å². The molecule has 0 spiro atoms. The topological polar surface area (TPSA) is 53.4 Å². The molecule has 18 heavy (non-hydrogen) atoms. The third-order valence-corrected chi connectivity index (χ3v) is 3.73. The number of likely N-dealkylation sites (tertiary alicyclic amines) is 1. The molecule has 4 nitrogen and oxygen atoms in total. The Balaban J connectivity index is 2.11. The number of carbonyl (C=O) groups is 1. The zero-order chi connectivity index (χ0) is 13.3. The third-order valence-electron chi connectivity index (χ3n) is 3.73. The molecule has 1 aromatic rings. The maximum absolute atomic E-state index is 12.3. The zero-order valence-corrected chi connectivity index (χ0v) is 11.2. The van der Waals surface area contributed by atoms with Crippen LogP contribution in [-0.4, -0.2) is 34.0 Å². The van der Waals surface area contributed by atoms with Gasteiger partial charge >= 0.3 is 0 Å². The number of rotatable bonds is 1. The van der Waals surface area contributed by atoms with Gasteiger partial charge in [-0.25, -0.2) is 0 Å². The van der Waals surface area contributed by atoms with Crippen LogP contribution in [0.15, 0.2) is 18.5 Å². The van der Waals surface area contributed by atoms with Gasteiger partial charge in [-0.3, -0.25) is 9.78 Å². The minimum atomic E-state index is -0.0957. The summed E-state index contributed by atoms with van der Waals surface area (Å²) in [6.45, 7) is 8.15. The zero-order valence-electron chi connectivity index (χ0n) is 11.2. The molecule has 0 saturated carbocycles. The van der Waals surface area contributed by atoms with Crippen molar-refractivity contribution in [2.75, 3.05) is 13.1 Å². The molecular formula is C14H20N2O2. The second-order valence-corrected chi connectivity index (χ2v) is 6.00. The lowest BCUT2D eigenvalue weighted by molar-refractivity contribution is 0.0773. The van der Waals surface area contributed by atoms with Crippen LogP contribution in [-0.2, 0) is 0 Å². The van der Waals surface area contributed by atoms with Crippen molar-refractivity contribution < 1.29 is 9.90 Å². The van der Waals surface area contributed by atoms with Gasteiger partial charge in [-0.2, -0.15) is 0 Å². The van der Waals surface area contributed by atoms with Crippen LogP contribution in [0.2, 0.25) is 0 Å². The van der Waals surface area contributed by atoms with Crippen molar-refractivity contribution in [2.45, 2.75) is 27.2 Å². The number of aromatic hydroxyl groups is 1. The average Bonchev–Trinajstić information content (AvgIpc) is 2.77. The second-order valence-electron chi connectivity index (χ2n) is 6.00. The van der Waals surface area contributed by atoms with E-state index in [0.29, 0.717) is 11.5 Å². The van der Waals surface area contributed by atoms with Crippen molar-refractivity contribution >= 4 is 5.91 Å². The molecule has 2 heterocycles. The quantitative estimate of drug-likeness (QED) is 0.829. The fourth-order valence-electron chi connectivity index (χ4n) is 2.39. The lowest BCUT2D eigenvalue weighted by Gasteiger charge is -2.27. The van der Waals surface area contributed by atoms with E-state index in [9.17, 15) is 9.90 Å². The van der Waals surface area contributed by atoms with Crippen LogP contribution in [0.3, 0.4) is 0 Å². The Bertz CT molecular complexity index is 451. The predicted molar refractivity (Wildman–Crippen MR) is 69.4 cm³/mol. The van der Waals surface area contributed by atoms with E-state index in [4.69, 9.17) is 0 Å². The Morgan fingerprint density at radius 2 is 2.22 bits per heavy atom. The van der Waals surface area contributed by atoms with E-state index in [1.165, 1.54) is 12.4 Å². The fourth-order valence-corrected chi connectivity index (χ4v) is 2.39. The molecule has 1 aromatic heterocycles. The van der Waals surface area contributed by atoms with Crippen LogP contribution in [0.4, 0.5) is 0 Å². The number of nitrogens with zero attached hydrogens (tertiary/aromatic N) is 2. The molecular weight excluding hydrogens is 228 g/mol. The van der Waals surface area contributed by atoms with Gasteiger partial charge in [0.15, 0.2) is 0 Å². The Kier molecular flexibility index (Phi) is 3.28. The first kappa shape index (κ1) is 12.9. The third kappa shape index (κ3) is 2.47. The number of hydrogen-bond acceptors (Lipinski definition) is 3. The van der Waals surface area contributed by atoms with Crippen LogP contribution in [0.5, 0.6) is 5.75 Å². The van der Waals surface area contributed by atoms with Gasteiger partial charge in [0.1, 0.15) is 5.75 Å². The molecule has 0 aliphatic carbocycles. The summed E-state index contributed by atoms with van der Waals surface area (Å²) in [4.78, 5) is 17.9. The molecule has 4 heteroatoms. The molecule has 1 fully saturated rings. The summed E-state index contributed by atoms with van der Waals surface area (Å²) < 4.78 is 0. The molecule has 1 saturated heterocycles. The highest BCUT2D eigenvalue weighted by molar-refractivity contribution is 5.96. The van der Waals surface area contributed by atoms with Gasteiger partial charge in [0.25, 0.3) is 5.91 Å². The molecule has 0 radical (unpaired) electrons. The lowest BCUT2D eigenvalue weighted by Crippen LogP contribution is -2.31. The summed E-state index contributed by atoms with van der Waals surface area (Å²) >= 11 is 0. The SMILES string of the molecule is CC(C)(C)C1CCN(C(=O)c2ccncc2O)C1. The van der Waals surface area contributed by atoms with Crippen LogP contribution >= 0.6 is 0 Å². The highest BCUT2D eigenvalue weighted by Gasteiger charge is 2.34. The van der Waals surface area contributed by atoms with Gasteiger partial charge in [-0.15, -0.1) is 0 Å². The summed E-state index contributed by atoms with van der Waals surface area (Å²) in [7, 11) is 0. The molecule has 98 valence electrons. The van der Waals surface area contributed by atoms with Crippen LogP contribution in [0, 0.1) is 11.3 Å². The van der Waals surface area contributed by atoms with Crippen molar-refractivity contribution in [2.24, 2.45) is 11.3 Å². The molecule has 1 unspecified atom stereocenters. The largest absolute Gasteiger partial charge is 0.505 e. The van der Waals surface area contributed by atoms with Crippen molar-refractivity contribution in [1.82, 2.24) is 9.88 Å². The number of pyridine rings is 1. The predicted octanol–water partition coefficient (Wildman–Crippen LogP) is 2.30. The summed E-state index contributed by atoms with van der Waals surface area (Å²) in [6, 6.07) is 1.57. The number of carbonyl (C=O) groups excluding carboxylic acids is 1. The maximum atomic E-state index is 12.3. The van der Waals surface area contributed by atoms with Gasteiger partial charge in [-0.05, 0) is 23.8 Å². The van der Waals surface area contributed by atoms with Gasteiger partial charge in [0.05, 0.1) is 11.8 Å². The van der Waals surface area contributed by atoms with Crippen molar-refractivity contribution in [1.29, 1.82) is 0 Å². The van der Waals surface area contributed by atoms with Crippen LogP contribution in [0.25, 0.3) is 0 Å². The van der Waals surface area contributed by atoms with Crippen LogP contribution in [0.1, 0.15) is 37.6 Å². The Labute approximate surface area is 108 Å². The standard InChI is InChI=1S/C14H20N2O2/c1-14(2,3)10-5-7-16(9-10)13(18)11-4-6-15-8-12(11)17/h4,6,8,10,17H,5,7,9H2,1-3H3. The van der Waals surface area contributed by atoms with Gasteiger partial charge in [-0.1, -0.05) is 20.8 Å². The Morgan fingerprint density at radius 3 is 2.78 bits per heavy atom. The van der Waals surface area contributed by atoms with Gasteiger partial charge < -0.3 is 10.0 Å². The average molecular weight is 248 g/mol.